The summed E-state index contributed by atoms with van der Waals surface area (Å²) in [6.07, 6.45) is 2.36. The third kappa shape index (κ3) is 6.24. The fraction of sp³-hybridized carbons (Fsp3) is 0.371. The zero-order valence-electron chi connectivity index (χ0n) is 46.9. The molecule has 3 heteroatoms. The Morgan fingerprint density at radius 3 is 1.70 bits per heavy atom. The van der Waals surface area contributed by atoms with Crippen molar-refractivity contribution >= 4 is 51.2 Å². The molecular formula is C70H75BN2. The van der Waals surface area contributed by atoms with E-state index in [9.17, 15) is 0 Å². The number of aromatic nitrogens is 1. The summed E-state index contributed by atoms with van der Waals surface area (Å²) >= 11 is 0. The molecule has 0 atom stereocenters. The molecule has 368 valence electrons. The van der Waals surface area contributed by atoms with E-state index in [1.165, 1.54) is 146 Å². The smallest absolute Gasteiger partial charge is 0.329 e. The second-order valence-electron chi connectivity index (χ2n) is 28.5. The summed E-state index contributed by atoms with van der Waals surface area (Å²) in [6.45, 7) is 41.5. The average Bonchev–Trinajstić information content (AvgIpc) is 3.87. The molecule has 0 amide bonds. The standard InChI is InChI=1S/C70H75BN2/c1-64(2,3)41-27-29-55(45(33-41)40-23-19-18-20-24-40)72-57-39-54-58(44-25-21-22-26-50(44)69(54,14)15)59-49-36-43(66(7,8)9)35-47-46-34-42(65(4,5)6)28-30-56(46)73(61(47)49)71(60(57)59)63-62(72)48-37-52-53(38-51(48)70(63,16)17)68(12,13)32-31-67(52,10)11/h18-30,33-39H,31-32H2,1-17H3. The van der Waals surface area contributed by atoms with Gasteiger partial charge in [0.2, 0.25) is 0 Å². The second kappa shape index (κ2) is 14.4. The zero-order chi connectivity index (χ0) is 51.6. The van der Waals surface area contributed by atoms with E-state index >= 15 is 0 Å². The Hall–Kier alpha value is -6.06. The van der Waals surface area contributed by atoms with Gasteiger partial charge in [-0.05, 0) is 166 Å². The van der Waals surface area contributed by atoms with E-state index in [0.717, 1.165) is 0 Å². The number of hydrogen-bond donors (Lipinski definition) is 0. The van der Waals surface area contributed by atoms with Crippen molar-refractivity contribution in [3.63, 3.8) is 0 Å². The maximum atomic E-state index is 2.86. The van der Waals surface area contributed by atoms with Crippen molar-refractivity contribution in [3.8, 4) is 33.4 Å². The van der Waals surface area contributed by atoms with Crippen LogP contribution in [0.2, 0.25) is 0 Å². The van der Waals surface area contributed by atoms with Crippen molar-refractivity contribution in [1.29, 1.82) is 0 Å². The summed E-state index contributed by atoms with van der Waals surface area (Å²) in [7, 11) is 0. The molecular weight excluding hydrogens is 880 g/mol. The third-order valence-electron chi connectivity index (χ3n) is 19.1. The second-order valence-corrected chi connectivity index (χ2v) is 28.5. The van der Waals surface area contributed by atoms with Crippen LogP contribution < -0.4 is 10.4 Å². The monoisotopic (exact) mass is 955 g/mol. The maximum Gasteiger partial charge on any atom is 0.329 e. The van der Waals surface area contributed by atoms with Crippen molar-refractivity contribution in [2.24, 2.45) is 0 Å². The molecule has 0 fully saturated rings. The molecule has 0 radical (unpaired) electrons. The number of allylic oxidation sites excluding steroid dienone is 1. The minimum absolute atomic E-state index is 0.00466. The zero-order valence-corrected chi connectivity index (χ0v) is 46.9. The van der Waals surface area contributed by atoms with Gasteiger partial charge < -0.3 is 9.38 Å². The van der Waals surface area contributed by atoms with Gasteiger partial charge in [-0.15, -0.1) is 0 Å². The Labute approximate surface area is 437 Å². The highest BCUT2D eigenvalue weighted by molar-refractivity contribution is 6.86. The number of rotatable bonds is 2. The predicted molar refractivity (Wildman–Crippen MR) is 315 cm³/mol. The molecule has 2 aliphatic heterocycles. The molecule has 0 saturated carbocycles. The van der Waals surface area contributed by atoms with Crippen molar-refractivity contribution in [3.05, 3.63) is 177 Å². The number of anilines is 2. The molecule has 0 N–H and O–H groups in total. The highest BCUT2D eigenvalue weighted by Gasteiger charge is 2.56. The number of nitrogens with zero attached hydrogens (tertiary/aromatic N) is 2. The summed E-state index contributed by atoms with van der Waals surface area (Å²) in [5.41, 5.74) is 30.0. The third-order valence-corrected chi connectivity index (χ3v) is 19.1. The van der Waals surface area contributed by atoms with Gasteiger partial charge in [0.1, 0.15) is 0 Å². The lowest BCUT2D eigenvalue weighted by Gasteiger charge is -2.44. The lowest BCUT2D eigenvalue weighted by atomic mass is 9.40. The first-order chi connectivity index (χ1) is 34.1. The number of benzene rings is 7. The normalized spacial score (nSPS) is 18.4. The molecule has 5 aliphatic rings. The minimum atomic E-state index is -0.333. The van der Waals surface area contributed by atoms with Gasteiger partial charge in [-0.2, -0.15) is 0 Å². The molecule has 2 nitrogen and oxygen atoms in total. The quantitative estimate of drug-likeness (QED) is 0.157. The molecule has 0 bridgehead atoms. The fourth-order valence-electron chi connectivity index (χ4n) is 14.6. The van der Waals surface area contributed by atoms with E-state index < -0.39 is 0 Å². The van der Waals surface area contributed by atoms with Gasteiger partial charge in [0.15, 0.2) is 0 Å². The molecule has 3 heterocycles. The van der Waals surface area contributed by atoms with Crippen molar-refractivity contribution in [2.45, 2.75) is 168 Å². The lowest BCUT2D eigenvalue weighted by Crippen LogP contribution is -2.53. The maximum absolute atomic E-state index is 2.86. The van der Waals surface area contributed by atoms with Crippen LogP contribution in [0.5, 0.6) is 0 Å². The van der Waals surface area contributed by atoms with Crippen LogP contribution in [0.15, 0.2) is 127 Å². The number of hydrogen-bond acceptors (Lipinski definition) is 1. The van der Waals surface area contributed by atoms with Gasteiger partial charge in [0.05, 0.1) is 5.69 Å². The summed E-state index contributed by atoms with van der Waals surface area (Å²) in [5, 5.41) is 2.74. The van der Waals surface area contributed by atoms with E-state index in [4.69, 9.17) is 0 Å². The van der Waals surface area contributed by atoms with Crippen LogP contribution in [0.3, 0.4) is 0 Å². The highest BCUT2D eigenvalue weighted by Crippen LogP contribution is 2.63. The lowest BCUT2D eigenvalue weighted by molar-refractivity contribution is 0.331. The molecule has 7 aromatic carbocycles. The van der Waals surface area contributed by atoms with Gasteiger partial charge in [0.25, 0.3) is 0 Å². The largest absolute Gasteiger partial charge is 0.376 e. The van der Waals surface area contributed by atoms with Crippen LogP contribution in [-0.4, -0.2) is 11.3 Å². The van der Waals surface area contributed by atoms with E-state index in [2.05, 4.69) is 248 Å². The molecule has 3 aliphatic carbocycles. The molecule has 1 aromatic heterocycles. The Morgan fingerprint density at radius 1 is 0.438 bits per heavy atom. The topological polar surface area (TPSA) is 8.17 Å². The Kier molecular flexibility index (Phi) is 9.22. The van der Waals surface area contributed by atoms with Gasteiger partial charge in [-0.25, -0.2) is 0 Å². The van der Waals surface area contributed by atoms with Crippen LogP contribution in [-0.2, 0) is 37.9 Å². The summed E-state index contributed by atoms with van der Waals surface area (Å²) < 4.78 is 2.86. The Bertz CT molecular complexity index is 3790. The van der Waals surface area contributed by atoms with E-state index in [1.54, 1.807) is 0 Å². The Balaban J connectivity index is 1.27. The van der Waals surface area contributed by atoms with Crippen LogP contribution in [0.4, 0.5) is 11.4 Å². The molecule has 73 heavy (non-hydrogen) atoms. The average molecular weight is 955 g/mol. The summed E-state index contributed by atoms with van der Waals surface area (Å²) in [6, 6.07) is 48.9. The van der Waals surface area contributed by atoms with E-state index in [-0.39, 0.29) is 44.8 Å². The molecule has 0 spiro atoms. The van der Waals surface area contributed by atoms with Crippen molar-refractivity contribution in [2.75, 3.05) is 4.90 Å². The van der Waals surface area contributed by atoms with Crippen LogP contribution in [0.25, 0.3) is 60.9 Å². The van der Waals surface area contributed by atoms with Gasteiger partial charge in [-0.3, -0.25) is 0 Å². The van der Waals surface area contributed by atoms with Crippen LogP contribution >= 0.6 is 0 Å². The molecule has 0 unspecified atom stereocenters. The van der Waals surface area contributed by atoms with E-state index in [1.807, 2.05) is 0 Å². The van der Waals surface area contributed by atoms with Crippen LogP contribution in [0.1, 0.15) is 181 Å². The molecule has 0 saturated heterocycles. The minimum Gasteiger partial charge on any atom is -0.376 e. The highest BCUT2D eigenvalue weighted by atomic mass is 15.2. The van der Waals surface area contributed by atoms with Crippen LogP contribution in [0, 0.1) is 0 Å². The van der Waals surface area contributed by atoms with Gasteiger partial charge >= 0.3 is 6.85 Å². The predicted octanol–water partition coefficient (Wildman–Crippen LogP) is 18.1. The first kappa shape index (κ1) is 46.7. The van der Waals surface area contributed by atoms with Gasteiger partial charge in [0, 0.05) is 60.7 Å². The van der Waals surface area contributed by atoms with Gasteiger partial charge in [-0.1, -0.05) is 190 Å². The van der Waals surface area contributed by atoms with E-state index in [0.29, 0.717) is 0 Å². The van der Waals surface area contributed by atoms with Crippen molar-refractivity contribution < 1.29 is 0 Å². The number of fused-ring (bicyclic) bond motifs is 13. The Morgan fingerprint density at radius 2 is 1.03 bits per heavy atom. The fourth-order valence-corrected chi connectivity index (χ4v) is 14.6. The summed E-state index contributed by atoms with van der Waals surface area (Å²) in [4.78, 5) is 2.82. The SMILES string of the molecule is CC(C)(C)c1ccc(N2C3=C(B4c5c2cc2c(c5-c5cc(C(C)(C)C)cc6c7cc(C(C)(C)C)ccc7n4c56)-c4ccccc4C2(C)C)C(C)(C)c2cc4c(cc23)C(C)(C)CCC4(C)C)c(-c2ccccc2)c1. The van der Waals surface area contributed by atoms with Crippen molar-refractivity contribution in [1.82, 2.24) is 4.48 Å². The molecule has 13 rings (SSSR count). The first-order valence-electron chi connectivity index (χ1n) is 27.5. The molecule has 8 aromatic rings. The first-order valence-corrected chi connectivity index (χ1v) is 27.5. The summed E-state index contributed by atoms with van der Waals surface area (Å²) in [5.74, 6) is 0.